The smallest absolute Gasteiger partial charge is 0.197 e. The first kappa shape index (κ1) is 21.1. The van der Waals surface area contributed by atoms with Crippen molar-refractivity contribution in [1.82, 2.24) is 4.90 Å². The summed E-state index contributed by atoms with van der Waals surface area (Å²) < 4.78 is 11.7. The number of methoxy groups -OCH3 is 1. The summed E-state index contributed by atoms with van der Waals surface area (Å²) in [6.07, 6.45) is 3.51. The Morgan fingerprint density at radius 2 is 1.91 bits per heavy atom. The minimum Gasteiger partial charge on any atom is -0.507 e. The normalized spacial score (nSPS) is 24.7. The predicted octanol–water partition coefficient (Wildman–Crippen LogP) is 5.57. The second-order valence-electron chi connectivity index (χ2n) is 10.7. The molecule has 1 saturated heterocycles. The number of likely N-dealkylation sites (tertiary alicyclic amines) is 1. The molecule has 2 fully saturated rings. The van der Waals surface area contributed by atoms with Crippen molar-refractivity contribution in [3.63, 3.8) is 0 Å². The average Bonchev–Trinajstić information content (AvgIpc) is 2.97. The number of fused-ring (bicyclic) bond motifs is 3. The van der Waals surface area contributed by atoms with Gasteiger partial charge in [-0.3, -0.25) is 9.69 Å². The molecule has 1 aliphatic heterocycles. The summed E-state index contributed by atoms with van der Waals surface area (Å²) in [5.74, 6) is 0.932. The van der Waals surface area contributed by atoms with Crippen LogP contribution in [0.5, 0.6) is 11.5 Å². The van der Waals surface area contributed by atoms with Crippen LogP contribution in [0.3, 0.4) is 0 Å². The second kappa shape index (κ2) is 7.38. The molecule has 5 heteroatoms. The van der Waals surface area contributed by atoms with Crippen LogP contribution in [0, 0.1) is 10.8 Å². The molecule has 5 nitrogen and oxygen atoms in total. The van der Waals surface area contributed by atoms with Crippen LogP contribution in [0.2, 0.25) is 0 Å². The third-order valence-corrected chi connectivity index (χ3v) is 7.21. The molecule has 0 radical (unpaired) electrons. The van der Waals surface area contributed by atoms with Crippen molar-refractivity contribution in [3.8, 4) is 22.8 Å². The molecular formula is C27H31NO4. The molecule has 2 heterocycles. The minimum atomic E-state index is -0.170. The molecule has 0 unspecified atom stereocenters. The lowest BCUT2D eigenvalue weighted by Crippen LogP contribution is -2.34. The van der Waals surface area contributed by atoms with Gasteiger partial charge < -0.3 is 14.3 Å². The fourth-order valence-electron chi connectivity index (χ4n) is 6.36. The number of nitrogens with zero attached hydrogens (tertiary/aromatic N) is 1. The summed E-state index contributed by atoms with van der Waals surface area (Å²) in [4.78, 5) is 15.6. The number of ether oxygens (including phenoxy) is 1. The highest BCUT2D eigenvalue weighted by molar-refractivity contribution is 5.89. The Kier molecular flexibility index (Phi) is 4.86. The van der Waals surface area contributed by atoms with Gasteiger partial charge in [-0.25, -0.2) is 0 Å². The lowest BCUT2D eigenvalue weighted by atomic mass is 9.65. The largest absolute Gasteiger partial charge is 0.507 e. The van der Waals surface area contributed by atoms with Crippen molar-refractivity contribution in [3.05, 3.63) is 58.3 Å². The highest BCUT2D eigenvalue weighted by Gasteiger charge is 2.49. The zero-order chi connectivity index (χ0) is 22.7. The zero-order valence-electron chi connectivity index (χ0n) is 19.3. The quantitative estimate of drug-likeness (QED) is 0.582. The molecule has 1 aliphatic carbocycles. The Bertz CT molecular complexity index is 1230. The maximum absolute atomic E-state index is 13.1. The van der Waals surface area contributed by atoms with Gasteiger partial charge in [0, 0.05) is 36.8 Å². The molecule has 2 atom stereocenters. The van der Waals surface area contributed by atoms with Crippen molar-refractivity contribution in [1.29, 1.82) is 0 Å². The maximum atomic E-state index is 13.1. The molecule has 2 aliphatic rings. The van der Waals surface area contributed by atoms with E-state index >= 15 is 0 Å². The summed E-state index contributed by atoms with van der Waals surface area (Å²) >= 11 is 0. The monoisotopic (exact) mass is 433 g/mol. The summed E-state index contributed by atoms with van der Waals surface area (Å²) in [6, 6.07) is 13.1. The second-order valence-corrected chi connectivity index (χ2v) is 10.7. The number of rotatable bonds is 4. The Labute approximate surface area is 188 Å². The SMILES string of the molecule is COc1cc(O)c(CN2C[C@]3(C)C[C@@H]2CC(C)(C)C3)c2oc(-c3ccccc3)cc(=O)c12. The number of benzene rings is 2. The molecule has 168 valence electrons. The maximum Gasteiger partial charge on any atom is 0.197 e. The van der Waals surface area contributed by atoms with Gasteiger partial charge in [0.2, 0.25) is 0 Å². The Morgan fingerprint density at radius 1 is 1.16 bits per heavy atom. The Morgan fingerprint density at radius 3 is 2.62 bits per heavy atom. The summed E-state index contributed by atoms with van der Waals surface area (Å²) in [7, 11) is 1.50. The van der Waals surface area contributed by atoms with E-state index in [0.717, 1.165) is 18.5 Å². The first-order valence-electron chi connectivity index (χ1n) is 11.3. The van der Waals surface area contributed by atoms with Gasteiger partial charge in [0.05, 0.1) is 12.7 Å². The van der Waals surface area contributed by atoms with E-state index in [1.165, 1.54) is 26.0 Å². The van der Waals surface area contributed by atoms with E-state index in [0.29, 0.717) is 46.0 Å². The average molecular weight is 434 g/mol. The molecule has 5 rings (SSSR count). The van der Waals surface area contributed by atoms with E-state index in [4.69, 9.17) is 9.15 Å². The highest BCUT2D eigenvalue weighted by atomic mass is 16.5. The van der Waals surface area contributed by atoms with E-state index in [2.05, 4.69) is 25.7 Å². The van der Waals surface area contributed by atoms with Gasteiger partial charge in [0.15, 0.2) is 11.0 Å². The predicted molar refractivity (Wildman–Crippen MR) is 126 cm³/mol. The van der Waals surface area contributed by atoms with E-state index in [1.54, 1.807) is 6.07 Å². The van der Waals surface area contributed by atoms with Gasteiger partial charge in [-0.2, -0.15) is 0 Å². The molecule has 1 aromatic heterocycles. The van der Waals surface area contributed by atoms with E-state index in [-0.39, 0.29) is 16.6 Å². The summed E-state index contributed by atoms with van der Waals surface area (Å²) in [5, 5.41) is 11.4. The first-order valence-corrected chi connectivity index (χ1v) is 11.3. The van der Waals surface area contributed by atoms with Crippen molar-refractivity contribution in [2.75, 3.05) is 13.7 Å². The van der Waals surface area contributed by atoms with Crippen molar-refractivity contribution < 1.29 is 14.3 Å². The molecule has 1 saturated carbocycles. The van der Waals surface area contributed by atoms with Crippen LogP contribution in [-0.2, 0) is 6.54 Å². The van der Waals surface area contributed by atoms with Gasteiger partial charge in [-0.05, 0) is 30.1 Å². The fraction of sp³-hybridized carbons (Fsp3) is 0.444. The molecular weight excluding hydrogens is 402 g/mol. The van der Waals surface area contributed by atoms with Gasteiger partial charge in [-0.15, -0.1) is 0 Å². The van der Waals surface area contributed by atoms with Crippen molar-refractivity contribution >= 4 is 11.0 Å². The first-order chi connectivity index (χ1) is 15.2. The fourth-order valence-corrected chi connectivity index (χ4v) is 6.36. The molecule has 3 aromatic rings. The Balaban J connectivity index is 1.64. The third-order valence-electron chi connectivity index (χ3n) is 7.21. The van der Waals surface area contributed by atoms with E-state index in [9.17, 15) is 9.90 Å². The van der Waals surface area contributed by atoms with Crippen LogP contribution in [0.15, 0.2) is 51.7 Å². The number of hydrogen-bond donors (Lipinski definition) is 1. The van der Waals surface area contributed by atoms with Crippen LogP contribution in [-0.4, -0.2) is 29.7 Å². The van der Waals surface area contributed by atoms with E-state index in [1.807, 2.05) is 30.3 Å². The number of hydrogen-bond acceptors (Lipinski definition) is 5. The third kappa shape index (κ3) is 3.58. The van der Waals surface area contributed by atoms with Crippen LogP contribution in [0.25, 0.3) is 22.3 Å². The molecule has 2 bridgehead atoms. The van der Waals surface area contributed by atoms with Gasteiger partial charge in [0.1, 0.15) is 22.6 Å². The van der Waals surface area contributed by atoms with E-state index < -0.39 is 0 Å². The molecule has 0 spiro atoms. The summed E-state index contributed by atoms with van der Waals surface area (Å²) in [5.41, 5.74) is 2.32. The number of phenols is 1. The topological polar surface area (TPSA) is 62.9 Å². The van der Waals surface area contributed by atoms with Crippen LogP contribution in [0.1, 0.15) is 45.6 Å². The zero-order valence-corrected chi connectivity index (χ0v) is 19.3. The van der Waals surface area contributed by atoms with Crippen LogP contribution < -0.4 is 10.2 Å². The highest BCUT2D eigenvalue weighted by Crippen LogP contribution is 2.53. The molecule has 2 aromatic carbocycles. The number of phenolic OH excluding ortho intramolecular Hbond substituents is 1. The van der Waals surface area contributed by atoms with Gasteiger partial charge in [0.25, 0.3) is 0 Å². The lowest BCUT2D eigenvalue weighted by molar-refractivity contribution is 0.126. The lowest BCUT2D eigenvalue weighted by Gasteiger charge is -2.40. The van der Waals surface area contributed by atoms with Gasteiger partial charge in [-0.1, -0.05) is 51.1 Å². The van der Waals surface area contributed by atoms with Crippen LogP contribution >= 0.6 is 0 Å². The molecule has 32 heavy (non-hydrogen) atoms. The van der Waals surface area contributed by atoms with Crippen LogP contribution in [0.4, 0.5) is 0 Å². The number of aromatic hydroxyl groups is 1. The molecule has 1 N–H and O–H groups in total. The standard InChI is InChI=1S/C27H31NO4/c1-26(2)12-18-13-27(3,15-26)16-28(18)14-19-20(29)10-23(31-4)24-21(30)11-22(32-25(19)24)17-8-6-5-7-9-17/h5-11,18,29H,12-16H2,1-4H3/t18-,27+/m0/s1. The van der Waals surface area contributed by atoms with Crippen molar-refractivity contribution in [2.24, 2.45) is 10.8 Å². The van der Waals surface area contributed by atoms with Crippen molar-refractivity contribution in [2.45, 2.75) is 52.6 Å². The molecule has 0 amide bonds. The van der Waals surface area contributed by atoms with Gasteiger partial charge >= 0.3 is 0 Å². The Hall–Kier alpha value is -2.79. The minimum absolute atomic E-state index is 0.105. The summed E-state index contributed by atoms with van der Waals surface area (Å²) in [6.45, 7) is 8.61.